The van der Waals surface area contributed by atoms with Gasteiger partial charge in [0.05, 0.1) is 12.3 Å². The lowest BCUT2D eigenvalue weighted by Crippen LogP contribution is -2.17. The molecule has 18 heavy (non-hydrogen) atoms. The van der Waals surface area contributed by atoms with Gasteiger partial charge in [0.25, 0.3) is 0 Å². The van der Waals surface area contributed by atoms with Gasteiger partial charge < -0.3 is 14.7 Å². The van der Waals surface area contributed by atoms with Gasteiger partial charge in [0.15, 0.2) is 0 Å². The zero-order valence-electron chi connectivity index (χ0n) is 10.3. The minimum Gasteiger partial charge on any atom is -0.468 e. The maximum absolute atomic E-state index is 5.37. The Labute approximate surface area is 106 Å². The van der Waals surface area contributed by atoms with E-state index < -0.39 is 0 Å². The van der Waals surface area contributed by atoms with E-state index in [1.165, 1.54) is 16.5 Å². The fourth-order valence-corrected chi connectivity index (χ4v) is 2.11. The van der Waals surface area contributed by atoms with Gasteiger partial charge in [0, 0.05) is 18.3 Å². The molecule has 0 unspecified atom stereocenters. The number of aromatic amines is 1. The molecule has 0 bridgehead atoms. The van der Waals surface area contributed by atoms with Crippen molar-refractivity contribution in [1.82, 2.24) is 10.3 Å². The Balaban J connectivity index is 1.69. The normalized spacial score (nSPS) is 12.9. The third-order valence-electron chi connectivity index (χ3n) is 3.20. The molecule has 0 aliphatic heterocycles. The molecule has 1 atom stereocenters. The van der Waals surface area contributed by atoms with Gasteiger partial charge >= 0.3 is 0 Å². The van der Waals surface area contributed by atoms with Crippen LogP contribution in [0, 0.1) is 0 Å². The van der Waals surface area contributed by atoms with Gasteiger partial charge in [0.2, 0.25) is 0 Å². The van der Waals surface area contributed by atoms with Crippen molar-refractivity contribution in [3.05, 3.63) is 60.2 Å². The van der Waals surface area contributed by atoms with E-state index in [0.717, 1.165) is 12.3 Å². The van der Waals surface area contributed by atoms with Crippen LogP contribution < -0.4 is 5.32 Å². The van der Waals surface area contributed by atoms with E-state index in [1.54, 1.807) is 6.26 Å². The largest absolute Gasteiger partial charge is 0.468 e. The molecule has 1 aromatic carbocycles. The van der Waals surface area contributed by atoms with Crippen LogP contribution in [0.4, 0.5) is 0 Å². The van der Waals surface area contributed by atoms with Crippen molar-refractivity contribution in [3.8, 4) is 0 Å². The number of hydrogen-bond acceptors (Lipinski definition) is 2. The summed E-state index contributed by atoms with van der Waals surface area (Å²) in [5.41, 5.74) is 2.45. The second kappa shape index (κ2) is 4.70. The minimum atomic E-state index is 0.222. The standard InChI is InChI=1S/C15H16N2O/c1-11(15-3-2-8-18-15)17-10-12-4-5-13-6-7-16-14(13)9-12/h2-9,11,16-17H,10H2,1H3/t11-/m0/s1. The molecule has 2 N–H and O–H groups in total. The van der Waals surface area contributed by atoms with Crippen LogP contribution in [0.3, 0.4) is 0 Å². The molecular weight excluding hydrogens is 224 g/mol. The van der Waals surface area contributed by atoms with Gasteiger partial charge in [-0.2, -0.15) is 0 Å². The maximum Gasteiger partial charge on any atom is 0.120 e. The highest BCUT2D eigenvalue weighted by atomic mass is 16.3. The van der Waals surface area contributed by atoms with Crippen LogP contribution in [-0.2, 0) is 6.54 Å². The van der Waals surface area contributed by atoms with E-state index in [2.05, 4.69) is 41.5 Å². The Morgan fingerprint density at radius 3 is 3.06 bits per heavy atom. The summed E-state index contributed by atoms with van der Waals surface area (Å²) in [6, 6.07) is 12.7. The van der Waals surface area contributed by atoms with Crippen LogP contribution in [-0.4, -0.2) is 4.98 Å². The Morgan fingerprint density at radius 2 is 2.22 bits per heavy atom. The van der Waals surface area contributed by atoms with E-state index in [-0.39, 0.29) is 6.04 Å². The number of H-pyrrole nitrogens is 1. The highest BCUT2D eigenvalue weighted by molar-refractivity contribution is 5.79. The number of hydrogen-bond donors (Lipinski definition) is 2. The molecular formula is C15H16N2O. The summed E-state index contributed by atoms with van der Waals surface area (Å²) in [4.78, 5) is 3.23. The van der Waals surface area contributed by atoms with Gasteiger partial charge in [-0.15, -0.1) is 0 Å². The van der Waals surface area contributed by atoms with Crippen LogP contribution in [0.5, 0.6) is 0 Å². The van der Waals surface area contributed by atoms with E-state index >= 15 is 0 Å². The summed E-state index contributed by atoms with van der Waals surface area (Å²) in [5.74, 6) is 0.968. The lowest BCUT2D eigenvalue weighted by molar-refractivity contribution is 0.430. The molecule has 92 valence electrons. The highest BCUT2D eigenvalue weighted by Crippen LogP contribution is 2.16. The van der Waals surface area contributed by atoms with E-state index in [4.69, 9.17) is 4.42 Å². The predicted molar refractivity (Wildman–Crippen MR) is 72.3 cm³/mol. The SMILES string of the molecule is C[C@H](NCc1ccc2cc[nH]c2c1)c1ccco1. The number of furan rings is 1. The molecule has 3 nitrogen and oxygen atoms in total. The quantitative estimate of drug-likeness (QED) is 0.731. The molecule has 0 fully saturated rings. The van der Waals surface area contributed by atoms with Gasteiger partial charge in [-0.1, -0.05) is 12.1 Å². The third-order valence-corrected chi connectivity index (χ3v) is 3.20. The summed E-state index contributed by atoms with van der Waals surface area (Å²) >= 11 is 0. The molecule has 0 saturated heterocycles. The van der Waals surface area contributed by atoms with Crippen LogP contribution in [0.2, 0.25) is 0 Å². The zero-order chi connectivity index (χ0) is 12.4. The first-order valence-corrected chi connectivity index (χ1v) is 6.16. The lowest BCUT2D eigenvalue weighted by Gasteiger charge is -2.11. The number of aromatic nitrogens is 1. The van der Waals surface area contributed by atoms with Crippen LogP contribution in [0.1, 0.15) is 24.3 Å². The molecule has 0 saturated carbocycles. The summed E-state index contributed by atoms with van der Waals surface area (Å²) in [6.45, 7) is 2.93. The van der Waals surface area contributed by atoms with Crippen molar-refractivity contribution in [3.63, 3.8) is 0 Å². The van der Waals surface area contributed by atoms with E-state index in [1.807, 2.05) is 18.3 Å². The first-order valence-electron chi connectivity index (χ1n) is 6.16. The molecule has 3 heteroatoms. The average Bonchev–Trinajstić information content (AvgIpc) is 3.05. The fourth-order valence-electron chi connectivity index (χ4n) is 2.11. The van der Waals surface area contributed by atoms with Gasteiger partial charge in [-0.25, -0.2) is 0 Å². The van der Waals surface area contributed by atoms with Crippen LogP contribution in [0.25, 0.3) is 10.9 Å². The number of benzene rings is 1. The Kier molecular flexibility index (Phi) is 2.90. The zero-order valence-corrected chi connectivity index (χ0v) is 10.3. The van der Waals surface area contributed by atoms with Crippen molar-refractivity contribution >= 4 is 10.9 Å². The molecule has 0 spiro atoms. The number of fused-ring (bicyclic) bond motifs is 1. The van der Waals surface area contributed by atoms with Gasteiger partial charge in [0.1, 0.15) is 5.76 Å². The molecule has 2 aromatic heterocycles. The van der Waals surface area contributed by atoms with Crippen molar-refractivity contribution < 1.29 is 4.42 Å². The first kappa shape index (κ1) is 11.1. The summed E-state index contributed by atoms with van der Waals surface area (Å²) in [5, 5.41) is 4.70. The molecule has 0 aliphatic rings. The number of rotatable bonds is 4. The smallest absolute Gasteiger partial charge is 0.120 e. The van der Waals surface area contributed by atoms with E-state index in [0.29, 0.717) is 0 Å². The molecule has 3 rings (SSSR count). The van der Waals surface area contributed by atoms with Crippen LogP contribution in [0.15, 0.2) is 53.3 Å². The summed E-state index contributed by atoms with van der Waals surface area (Å²) in [6.07, 6.45) is 3.67. The van der Waals surface area contributed by atoms with E-state index in [9.17, 15) is 0 Å². The fraction of sp³-hybridized carbons (Fsp3) is 0.200. The topological polar surface area (TPSA) is 41.0 Å². The lowest BCUT2D eigenvalue weighted by atomic mass is 10.1. The Bertz CT molecular complexity index is 625. The maximum atomic E-state index is 5.37. The highest BCUT2D eigenvalue weighted by Gasteiger charge is 2.07. The summed E-state index contributed by atoms with van der Waals surface area (Å²) in [7, 11) is 0. The molecule has 0 aliphatic carbocycles. The molecule has 2 heterocycles. The van der Waals surface area contributed by atoms with Crippen molar-refractivity contribution in [2.24, 2.45) is 0 Å². The monoisotopic (exact) mass is 240 g/mol. The molecule has 0 amide bonds. The minimum absolute atomic E-state index is 0.222. The van der Waals surface area contributed by atoms with Crippen molar-refractivity contribution in [2.45, 2.75) is 19.5 Å². The number of nitrogens with one attached hydrogen (secondary N) is 2. The molecule has 3 aromatic rings. The molecule has 0 radical (unpaired) electrons. The average molecular weight is 240 g/mol. The Morgan fingerprint density at radius 1 is 1.28 bits per heavy atom. The van der Waals surface area contributed by atoms with Gasteiger partial charge in [-0.05, 0) is 42.1 Å². The van der Waals surface area contributed by atoms with Crippen LogP contribution >= 0.6 is 0 Å². The Hall–Kier alpha value is -2.00. The predicted octanol–water partition coefficient (Wildman–Crippen LogP) is 3.61. The second-order valence-corrected chi connectivity index (χ2v) is 4.52. The second-order valence-electron chi connectivity index (χ2n) is 4.52. The van der Waals surface area contributed by atoms with Crippen molar-refractivity contribution in [2.75, 3.05) is 0 Å². The first-order chi connectivity index (χ1) is 8.83. The van der Waals surface area contributed by atoms with Gasteiger partial charge in [-0.3, -0.25) is 0 Å². The van der Waals surface area contributed by atoms with Crippen molar-refractivity contribution in [1.29, 1.82) is 0 Å². The third kappa shape index (κ3) is 2.17. The summed E-state index contributed by atoms with van der Waals surface area (Å²) < 4.78 is 5.37.